The third kappa shape index (κ3) is 4.56. The Kier molecular flexibility index (Phi) is 5.81. The first kappa shape index (κ1) is 20.4. The molecule has 2 atom stereocenters. The third-order valence-electron chi connectivity index (χ3n) is 4.47. The lowest BCUT2D eigenvalue weighted by Crippen LogP contribution is -2.40. The van der Waals surface area contributed by atoms with Crippen LogP contribution in [-0.4, -0.2) is 33.2 Å². The van der Waals surface area contributed by atoms with Crippen molar-refractivity contribution < 1.29 is 22.3 Å². The molecule has 0 aliphatic carbocycles. The highest BCUT2D eigenvalue weighted by Crippen LogP contribution is 2.36. The maximum absolute atomic E-state index is 13.1. The Hall–Kier alpha value is -2.32. The first-order chi connectivity index (χ1) is 13.1. The van der Waals surface area contributed by atoms with Gasteiger partial charge in [0.05, 0.1) is 18.0 Å². The van der Waals surface area contributed by atoms with Gasteiger partial charge >= 0.3 is 0 Å². The number of hydrogen-bond donors (Lipinski definition) is 1. The smallest absolute Gasteiger partial charge is 0.261 e. The molecular formula is C19H20ClFN2O4S. The Bertz CT molecular complexity index is 982. The molecule has 0 saturated heterocycles. The molecule has 0 bridgehead atoms. The summed E-state index contributed by atoms with van der Waals surface area (Å²) in [7, 11) is -3.57. The molecule has 28 heavy (non-hydrogen) atoms. The minimum Gasteiger partial charge on any atom is -0.478 e. The van der Waals surface area contributed by atoms with Crippen LogP contribution in [0.2, 0.25) is 5.02 Å². The molecule has 2 aromatic carbocycles. The quantitative estimate of drug-likeness (QED) is 0.814. The van der Waals surface area contributed by atoms with Crippen LogP contribution < -0.4 is 14.4 Å². The third-order valence-corrected chi connectivity index (χ3v) is 5.89. The van der Waals surface area contributed by atoms with Crippen molar-refractivity contribution in [1.82, 2.24) is 5.32 Å². The number of hydrogen-bond acceptors (Lipinski definition) is 4. The Labute approximate surface area is 168 Å². The maximum atomic E-state index is 13.1. The van der Waals surface area contributed by atoms with E-state index in [0.29, 0.717) is 10.7 Å². The van der Waals surface area contributed by atoms with E-state index in [9.17, 15) is 17.6 Å². The normalized spacial score (nSPS) is 17.9. The number of anilines is 1. The molecule has 0 unspecified atom stereocenters. The SMILES string of the molecule is C[C@H](NC(=O)[C@@H]1CCN(S(C)(=O)=O)c2cc(Cl)ccc2O1)c1ccc(F)cc1. The second-order valence-electron chi connectivity index (χ2n) is 6.62. The van der Waals surface area contributed by atoms with Gasteiger partial charge in [0.15, 0.2) is 6.10 Å². The van der Waals surface area contributed by atoms with E-state index in [1.807, 2.05) is 0 Å². The zero-order valence-corrected chi connectivity index (χ0v) is 16.9. The fraction of sp³-hybridized carbons (Fsp3) is 0.316. The van der Waals surface area contributed by atoms with E-state index in [2.05, 4.69) is 5.32 Å². The number of nitrogens with zero attached hydrogens (tertiary/aromatic N) is 1. The number of benzene rings is 2. The number of sulfonamides is 1. The topological polar surface area (TPSA) is 75.7 Å². The number of amides is 1. The minimum absolute atomic E-state index is 0.0786. The lowest BCUT2D eigenvalue weighted by molar-refractivity contribution is -0.128. The van der Waals surface area contributed by atoms with Crippen LogP contribution in [0.3, 0.4) is 0 Å². The molecular weight excluding hydrogens is 407 g/mol. The molecule has 0 fully saturated rings. The predicted molar refractivity (Wildman–Crippen MR) is 106 cm³/mol. The molecule has 9 heteroatoms. The lowest BCUT2D eigenvalue weighted by atomic mass is 10.1. The van der Waals surface area contributed by atoms with Crippen LogP contribution in [0.15, 0.2) is 42.5 Å². The number of nitrogens with one attached hydrogen (secondary N) is 1. The van der Waals surface area contributed by atoms with Crippen molar-refractivity contribution in [3.63, 3.8) is 0 Å². The van der Waals surface area contributed by atoms with Crippen molar-refractivity contribution in [3.05, 3.63) is 58.9 Å². The molecule has 1 amide bonds. The van der Waals surface area contributed by atoms with Crippen molar-refractivity contribution in [2.45, 2.75) is 25.5 Å². The molecule has 1 heterocycles. The van der Waals surface area contributed by atoms with E-state index in [0.717, 1.165) is 11.8 Å². The van der Waals surface area contributed by atoms with Crippen LogP contribution in [0.5, 0.6) is 5.75 Å². The molecule has 1 aliphatic rings. The minimum atomic E-state index is -3.57. The van der Waals surface area contributed by atoms with Gasteiger partial charge in [-0.25, -0.2) is 12.8 Å². The maximum Gasteiger partial charge on any atom is 0.261 e. The first-order valence-corrected chi connectivity index (χ1v) is 10.9. The van der Waals surface area contributed by atoms with Crippen LogP contribution in [-0.2, 0) is 14.8 Å². The Balaban J connectivity index is 1.81. The Morgan fingerprint density at radius 1 is 1.29 bits per heavy atom. The van der Waals surface area contributed by atoms with Gasteiger partial charge in [0.25, 0.3) is 5.91 Å². The second-order valence-corrected chi connectivity index (χ2v) is 8.97. The van der Waals surface area contributed by atoms with Crippen molar-refractivity contribution in [1.29, 1.82) is 0 Å². The van der Waals surface area contributed by atoms with Gasteiger partial charge in [-0.1, -0.05) is 23.7 Å². The number of carbonyl (C=O) groups excluding carboxylic acids is 1. The molecule has 0 aromatic heterocycles. The summed E-state index contributed by atoms with van der Waals surface area (Å²) >= 11 is 6.01. The van der Waals surface area contributed by atoms with Gasteiger partial charge in [0, 0.05) is 18.0 Å². The van der Waals surface area contributed by atoms with Crippen molar-refractivity contribution >= 4 is 33.2 Å². The number of ether oxygens (including phenoxy) is 1. The van der Waals surface area contributed by atoms with Gasteiger partial charge < -0.3 is 10.1 Å². The monoisotopic (exact) mass is 426 g/mol. The number of carbonyl (C=O) groups is 1. The summed E-state index contributed by atoms with van der Waals surface area (Å²) in [5.41, 5.74) is 1.05. The average molecular weight is 427 g/mol. The Morgan fingerprint density at radius 3 is 2.61 bits per heavy atom. The van der Waals surface area contributed by atoms with Gasteiger partial charge in [0.1, 0.15) is 11.6 Å². The van der Waals surface area contributed by atoms with Crippen molar-refractivity contribution in [3.8, 4) is 5.75 Å². The van der Waals surface area contributed by atoms with Gasteiger partial charge in [-0.2, -0.15) is 0 Å². The molecule has 3 rings (SSSR count). The van der Waals surface area contributed by atoms with Gasteiger partial charge in [-0.15, -0.1) is 0 Å². The molecule has 150 valence electrons. The van der Waals surface area contributed by atoms with E-state index in [1.165, 1.54) is 22.5 Å². The second kappa shape index (κ2) is 7.97. The summed E-state index contributed by atoms with van der Waals surface area (Å²) in [6.07, 6.45) is 0.380. The number of fused-ring (bicyclic) bond motifs is 1. The molecule has 1 N–H and O–H groups in total. The molecule has 6 nitrogen and oxygen atoms in total. The first-order valence-electron chi connectivity index (χ1n) is 8.65. The molecule has 0 spiro atoms. The zero-order valence-electron chi connectivity index (χ0n) is 15.4. The number of rotatable bonds is 4. The van der Waals surface area contributed by atoms with Crippen LogP contribution >= 0.6 is 11.6 Å². The summed E-state index contributed by atoms with van der Waals surface area (Å²) in [5, 5.41) is 3.19. The summed E-state index contributed by atoms with van der Waals surface area (Å²) in [4.78, 5) is 12.7. The summed E-state index contributed by atoms with van der Waals surface area (Å²) in [6.45, 7) is 1.85. The van der Waals surface area contributed by atoms with E-state index in [-0.39, 0.29) is 36.5 Å². The highest BCUT2D eigenvalue weighted by atomic mass is 35.5. The fourth-order valence-electron chi connectivity index (χ4n) is 3.02. The van der Waals surface area contributed by atoms with E-state index in [1.54, 1.807) is 31.2 Å². The van der Waals surface area contributed by atoms with Crippen molar-refractivity contribution in [2.75, 3.05) is 17.1 Å². The van der Waals surface area contributed by atoms with Gasteiger partial charge in [-0.3, -0.25) is 9.10 Å². The average Bonchev–Trinajstić information content (AvgIpc) is 2.81. The van der Waals surface area contributed by atoms with Crippen LogP contribution in [0, 0.1) is 5.82 Å². The molecule has 2 aromatic rings. The highest BCUT2D eigenvalue weighted by molar-refractivity contribution is 7.92. The molecule has 1 aliphatic heterocycles. The van der Waals surface area contributed by atoms with Crippen molar-refractivity contribution in [2.24, 2.45) is 0 Å². The lowest BCUT2D eigenvalue weighted by Gasteiger charge is -2.21. The largest absolute Gasteiger partial charge is 0.478 e. The number of halogens is 2. The summed E-state index contributed by atoms with van der Waals surface area (Å²) in [6, 6.07) is 10.1. The highest BCUT2D eigenvalue weighted by Gasteiger charge is 2.32. The van der Waals surface area contributed by atoms with Gasteiger partial charge in [0.2, 0.25) is 10.0 Å². The summed E-state index contributed by atoms with van der Waals surface area (Å²) in [5.74, 6) is -0.472. The zero-order chi connectivity index (χ0) is 20.5. The Morgan fingerprint density at radius 2 is 1.96 bits per heavy atom. The van der Waals surface area contributed by atoms with E-state index < -0.39 is 16.1 Å². The van der Waals surface area contributed by atoms with Crippen LogP contribution in [0.25, 0.3) is 0 Å². The standard InChI is InChI=1S/C19H20ClFN2O4S/c1-12(13-3-6-15(21)7-4-13)22-19(24)18-9-10-23(28(2,25)26)16-11-14(20)5-8-17(16)27-18/h3-8,11-12,18H,9-10H2,1-2H3,(H,22,24)/t12-,18-/m0/s1. The van der Waals surface area contributed by atoms with E-state index >= 15 is 0 Å². The summed E-state index contributed by atoms with van der Waals surface area (Å²) < 4.78 is 44.4. The van der Waals surface area contributed by atoms with Gasteiger partial charge in [-0.05, 0) is 42.8 Å². The molecule has 0 saturated carbocycles. The van der Waals surface area contributed by atoms with Crippen LogP contribution in [0.1, 0.15) is 24.9 Å². The van der Waals surface area contributed by atoms with E-state index in [4.69, 9.17) is 16.3 Å². The fourth-order valence-corrected chi connectivity index (χ4v) is 4.13. The van der Waals surface area contributed by atoms with Crippen LogP contribution in [0.4, 0.5) is 10.1 Å². The predicted octanol–water partition coefficient (Wildman–Crippen LogP) is 3.27. The molecule has 0 radical (unpaired) electrons.